The Kier molecular flexibility index (Phi) is 6.16. The second-order valence-corrected chi connectivity index (χ2v) is 7.00. The van der Waals surface area contributed by atoms with Crippen LogP contribution in [0.2, 0.25) is 15.1 Å². The van der Waals surface area contributed by atoms with Crippen LogP contribution in [-0.4, -0.2) is 27.4 Å². The van der Waals surface area contributed by atoms with Crippen molar-refractivity contribution in [1.82, 2.24) is 9.55 Å². The minimum absolute atomic E-state index is 0.0361. The van der Waals surface area contributed by atoms with Crippen LogP contribution in [0.4, 0.5) is 0 Å². The van der Waals surface area contributed by atoms with Gasteiger partial charge in [0.2, 0.25) is 0 Å². The normalized spacial score (nSPS) is 12.5. The van der Waals surface area contributed by atoms with Gasteiger partial charge in [0.1, 0.15) is 0 Å². The second kappa shape index (κ2) is 8.37. The van der Waals surface area contributed by atoms with Crippen molar-refractivity contribution in [3.05, 3.63) is 73.7 Å². The van der Waals surface area contributed by atoms with E-state index in [1.807, 2.05) is 18.2 Å². The van der Waals surface area contributed by atoms with Gasteiger partial charge in [0.05, 0.1) is 48.1 Å². The van der Waals surface area contributed by atoms with Crippen molar-refractivity contribution < 1.29 is 9.84 Å². The summed E-state index contributed by atoms with van der Waals surface area (Å²) >= 11 is 18.1. The first-order valence-electron chi connectivity index (χ1n) is 7.79. The lowest BCUT2D eigenvalue weighted by Crippen LogP contribution is -2.29. The number of aliphatic hydroxyl groups is 1. The Morgan fingerprint density at radius 3 is 2.69 bits per heavy atom. The standard InChI is InChI=1S/C18H15Cl3N2O3/c19-12-5-14-17(16(21)6-12)22-10-23(18(14)25)7-13(24)9-26-8-11-3-1-2-4-15(11)20/h1-6,10,13,24H,7-9H2/t13-/m0/s1. The largest absolute Gasteiger partial charge is 0.389 e. The van der Waals surface area contributed by atoms with E-state index in [2.05, 4.69) is 4.98 Å². The number of hydrogen-bond acceptors (Lipinski definition) is 4. The Hall–Kier alpha value is -1.63. The molecule has 2 aromatic carbocycles. The topological polar surface area (TPSA) is 64.4 Å². The average Bonchev–Trinajstić information content (AvgIpc) is 2.59. The van der Waals surface area contributed by atoms with Crippen molar-refractivity contribution in [2.24, 2.45) is 0 Å². The van der Waals surface area contributed by atoms with Crippen molar-refractivity contribution >= 4 is 45.7 Å². The Morgan fingerprint density at radius 2 is 1.92 bits per heavy atom. The highest BCUT2D eigenvalue weighted by Gasteiger charge is 2.12. The quantitative estimate of drug-likeness (QED) is 0.665. The van der Waals surface area contributed by atoms with Gasteiger partial charge >= 0.3 is 0 Å². The molecule has 1 aromatic heterocycles. The monoisotopic (exact) mass is 412 g/mol. The maximum Gasteiger partial charge on any atom is 0.261 e. The zero-order valence-corrected chi connectivity index (χ0v) is 15.8. The molecule has 1 N–H and O–H groups in total. The fourth-order valence-corrected chi connectivity index (χ4v) is 3.26. The summed E-state index contributed by atoms with van der Waals surface area (Å²) in [6, 6.07) is 10.3. The molecule has 8 heteroatoms. The molecule has 0 aliphatic heterocycles. The summed E-state index contributed by atoms with van der Waals surface area (Å²) in [5.41, 5.74) is 0.876. The minimum atomic E-state index is -0.885. The van der Waals surface area contributed by atoms with Crippen molar-refractivity contribution in [2.45, 2.75) is 19.3 Å². The van der Waals surface area contributed by atoms with Gasteiger partial charge in [-0.1, -0.05) is 53.0 Å². The molecule has 1 heterocycles. The van der Waals surface area contributed by atoms with E-state index >= 15 is 0 Å². The lowest BCUT2D eigenvalue weighted by atomic mass is 10.2. The molecule has 0 aliphatic carbocycles. The zero-order valence-electron chi connectivity index (χ0n) is 13.5. The van der Waals surface area contributed by atoms with Crippen LogP contribution in [0.5, 0.6) is 0 Å². The highest BCUT2D eigenvalue weighted by molar-refractivity contribution is 6.38. The maximum absolute atomic E-state index is 12.5. The van der Waals surface area contributed by atoms with Crippen molar-refractivity contribution in [2.75, 3.05) is 6.61 Å². The lowest BCUT2D eigenvalue weighted by molar-refractivity contribution is 0.0198. The first-order chi connectivity index (χ1) is 12.5. The molecule has 0 aliphatic rings. The molecule has 0 saturated carbocycles. The molecule has 5 nitrogen and oxygen atoms in total. The highest BCUT2D eigenvalue weighted by Crippen LogP contribution is 2.24. The van der Waals surface area contributed by atoms with Crippen LogP contribution < -0.4 is 5.56 Å². The molecular weight excluding hydrogens is 399 g/mol. The molecule has 0 fully saturated rings. The summed E-state index contributed by atoms with van der Waals surface area (Å²) in [6.45, 7) is 0.354. The number of hydrogen-bond donors (Lipinski definition) is 1. The fourth-order valence-electron chi connectivity index (χ4n) is 2.52. The molecule has 0 spiro atoms. The third-order valence-electron chi connectivity index (χ3n) is 3.78. The van der Waals surface area contributed by atoms with E-state index in [1.165, 1.54) is 23.0 Å². The van der Waals surface area contributed by atoms with E-state index in [9.17, 15) is 9.90 Å². The summed E-state index contributed by atoms with van der Waals surface area (Å²) in [7, 11) is 0. The van der Waals surface area contributed by atoms with Crippen molar-refractivity contribution in [1.29, 1.82) is 0 Å². The first kappa shape index (κ1) is 19.1. The lowest BCUT2D eigenvalue weighted by Gasteiger charge is -2.14. The van der Waals surface area contributed by atoms with Gasteiger partial charge in [0, 0.05) is 10.0 Å². The number of fused-ring (bicyclic) bond motifs is 1. The van der Waals surface area contributed by atoms with Crippen LogP contribution in [-0.2, 0) is 17.9 Å². The molecule has 1 atom stereocenters. The molecule has 3 rings (SSSR count). The number of aliphatic hydroxyl groups excluding tert-OH is 1. The minimum Gasteiger partial charge on any atom is -0.389 e. The number of halogens is 3. The van der Waals surface area contributed by atoms with Crippen LogP contribution >= 0.6 is 34.8 Å². The number of aromatic nitrogens is 2. The van der Waals surface area contributed by atoms with E-state index in [0.717, 1.165) is 5.56 Å². The predicted octanol–water partition coefficient (Wildman–Crippen LogP) is 3.93. The maximum atomic E-state index is 12.5. The number of benzene rings is 2. The molecule has 136 valence electrons. The average molecular weight is 414 g/mol. The van der Waals surface area contributed by atoms with Crippen molar-refractivity contribution in [3.8, 4) is 0 Å². The Balaban J connectivity index is 1.68. The smallest absolute Gasteiger partial charge is 0.261 e. The summed E-state index contributed by atoms with van der Waals surface area (Å²) in [4.78, 5) is 16.7. The van der Waals surface area contributed by atoms with Crippen molar-refractivity contribution in [3.63, 3.8) is 0 Å². The third kappa shape index (κ3) is 4.37. The van der Waals surface area contributed by atoms with Crippen LogP contribution in [0, 0.1) is 0 Å². The molecule has 0 unspecified atom stereocenters. The SMILES string of the molecule is O=c1c2cc(Cl)cc(Cl)c2ncn1C[C@H](O)COCc1ccccc1Cl. The molecular formula is C18H15Cl3N2O3. The van der Waals surface area contributed by atoms with E-state index in [0.29, 0.717) is 26.0 Å². The molecule has 0 amide bonds. The molecule has 26 heavy (non-hydrogen) atoms. The van der Waals surface area contributed by atoms with Gasteiger partial charge in [0.25, 0.3) is 5.56 Å². The van der Waals surface area contributed by atoms with Crippen LogP contribution in [0.1, 0.15) is 5.56 Å². The van der Waals surface area contributed by atoms with E-state index in [1.54, 1.807) is 6.07 Å². The Bertz CT molecular complexity index is 991. The van der Waals surface area contributed by atoms with E-state index in [4.69, 9.17) is 39.5 Å². The van der Waals surface area contributed by atoms with Crippen LogP contribution in [0.25, 0.3) is 10.9 Å². The predicted molar refractivity (Wildman–Crippen MR) is 103 cm³/mol. The van der Waals surface area contributed by atoms with Gasteiger partial charge in [-0.05, 0) is 23.8 Å². The van der Waals surface area contributed by atoms with Gasteiger partial charge in [-0.3, -0.25) is 9.36 Å². The number of rotatable bonds is 6. The van der Waals surface area contributed by atoms with Gasteiger partial charge in [-0.25, -0.2) is 4.98 Å². The van der Waals surface area contributed by atoms with Crippen LogP contribution in [0.15, 0.2) is 47.5 Å². The summed E-state index contributed by atoms with van der Waals surface area (Å²) in [6.07, 6.45) is 0.464. The molecule has 0 bridgehead atoms. The molecule has 3 aromatic rings. The second-order valence-electron chi connectivity index (χ2n) is 5.75. The molecule has 0 saturated heterocycles. The summed E-state index contributed by atoms with van der Waals surface area (Å²) in [5, 5.41) is 11.7. The fraction of sp³-hybridized carbons (Fsp3) is 0.222. The van der Waals surface area contributed by atoms with Gasteiger partial charge < -0.3 is 9.84 Å². The molecule has 0 radical (unpaired) electrons. The van der Waals surface area contributed by atoms with Gasteiger partial charge in [-0.15, -0.1) is 0 Å². The number of nitrogens with zero attached hydrogens (tertiary/aromatic N) is 2. The third-order valence-corrected chi connectivity index (χ3v) is 4.65. The Morgan fingerprint density at radius 1 is 1.15 bits per heavy atom. The van der Waals surface area contributed by atoms with Gasteiger partial charge in [0.15, 0.2) is 0 Å². The van der Waals surface area contributed by atoms with E-state index in [-0.39, 0.29) is 25.3 Å². The first-order valence-corrected chi connectivity index (χ1v) is 8.92. The van der Waals surface area contributed by atoms with Gasteiger partial charge in [-0.2, -0.15) is 0 Å². The zero-order chi connectivity index (χ0) is 18.7. The Labute approximate surface area is 164 Å². The van der Waals surface area contributed by atoms with E-state index < -0.39 is 6.10 Å². The van der Waals surface area contributed by atoms with Crippen LogP contribution in [0.3, 0.4) is 0 Å². The highest BCUT2D eigenvalue weighted by atomic mass is 35.5. The number of ether oxygens (including phenoxy) is 1. The summed E-state index contributed by atoms with van der Waals surface area (Å²) < 4.78 is 6.79. The summed E-state index contributed by atoms with van der Waals surface area (Å²) in [5.74, 6) is 0.